The molecule has 2 aromatic carbocycles. The molecule has 4 N–H and O–H groups in total. The summed E-state index contributed by atoms with van der Waals surface area (Å²) in [6.45, 7) is 0.717. The molecule has 0 atom stereocenters. The quantitative estimate of drug-likeness (QED) is 0.540. The highest BCUT2D eigenvalue weighted by Crippen LogP contribution is 2.33. The lowest BCUT2D eigenvalue weighted by atomic mass is 10.1. The highest BCUT2D eigenvalue weighted by Gasteiger charge is 2.13. The average molecular weight is 289 g/mol. The van der Waals surface area contributed by atoms with E-state index in [1.165, 1.54) is 5.56 Å². The van der Waals surface area contributed by atoms with E-state index in [1.807, 2.05) is 42.5 Å². The van der Waals surface area contributed by atoms with Crippen LogP contribution in [-0.2, 0) is 6.54 Å². The number of hydrogen-bond acceptors (Lipinski definition) is 4. The Labute approximate surface area is 127 Å². The van der Waals surface area contributed by atoms with Gasteiger partial charge < -0.3 is 11.1 Å². The van der Waals surface area contributed by atoms with Crippen molar-refractivity contribution in [3.63, 3.8) is 0 Å². The molecule has 0 saturated heterocycles. The van der Waals surface area contributed by atoms with Crippen LogP contribution >= 0.6 is 0 Å². The molecule has 0 aliphatic carbocycles. The molecule has 5 nitrogen and oxygen atoms in total. The Bertz CT molecular complexity index is 943. The average Bonchev–Trinajstić information content (AvgIpc) is 2.93. The van der Waals surface area contributed by atoms with Crippen molar-refractivity contribution in [2.75, 3.05) is 11.1 Å². The van der Waals surface area contributed by atoms with Crippen molar-refractivity contribution in [2.24, 2.45) is 0 Å². The maximum absolute atomic E-state index is 6.04. The second-order valence-electron chi connectivity index (χ2n) is 5.18. The third kappa shape index (κ3) is 2.03. The van der Waals surface area contributed by atoms with Gasteiger partial charge in [-0.3, -0.25) is 5.10 Å². The fourth-order valence-electron chi connectivity index (χ4n) is 2.67. The number of nitrogens with one attached hydrogen (secondary N) is 2. The summed E-state index contributed by atoms with van der Waals surface area (Å²) in [6, 6.07) is 18.2. The summed E-state index contributed by atoms with van der Waals surface area (Å²) in [5, 5.41) is 12.4. The number of benzene rings is 2. The lowest BCUT2D eigenvalue weighted by Crippen LogP contribution is -2.02. The highest BCUT2D eigenvalue weighted by molar-refractivity contribution is 6.10. The van der Waals surface area contributed by atoms with Gasteiger partial charge >= 0.3 is 0 Å². The van der Waals surface area contributed by atoms with Crippen LogP contribution in [0.1, 0.15) is 5.56 Å². The second-order valence-corrected chi connectivity index (χ2v) is 5.18. The SMILES string of the molecule is Nc1[nH]nc2nc3ccccc3c(NCc3ccccc3)c12. The van der Waals surface area contributed by atoms with Crippen LogP contribution in [0.5, 0.6) is 0 Å². The van der Waals surface area contributed by atoms with E-state index < -0.39 is 0 Å². The molecule has 5 heteroatoms. The minimum atomic E-state index is 0.531. The first-order chi connectivity index (χ1) is 10.8. The van der Waals surface area contributed by atoms with E-state index in [2.05, 4.69) is 32.6 Å². The highest BCUT2D eigenvalue weighted by atomic mass is 15.2. The molecule has 0 bridgehead atoms. The van der Waals surface area contributed by atoms with Gasteiger partial charge in [-0.1, -0.05) is 48.5 Å². The zero-order valence-electron chi connectivity index (χ0n) is 11.9. The van der Waals surface area contributed by atoms with Crippen LogP contribution in [0.4, 0.5) is 11.5 Å². The number of nitrogens with zero attached hydrogens (tertiary/aromatic N) is 2. The van der Waals surface area contributed by atoms with E-state index in [9.17, 15) is 0 Å². The summed E-state index contributed by atoms with van der Waals surface area (Å²) in [4.78, 5) is 4.55. The molecule has 0 spiro atoms. The number of pyridine rings is 1. The Morgan fingerprint density at radius 3 is 2.64 bits per heavy atom. The number of rotatable bonds is 3. The number of hydrogen-bond donors (Lipinski definition) is 3. The van der Waals surface area contributed by atoms with Gasteiger partial charge in [0.15, 0.2) is 5.65 Å². The zero-order chi connectivity index (χ0) is 14.9. The Hall–Kier alpha value is -3.08. The topological polar surface area (TPSA) is 79.6 Å². The lowest BCUT2D eigenvalue weighted by molar-refractivity contribution is 1.11. The number of anilines is 2. The number of fused-ring (bicyclic) bond motifs is 2. The van der Waals surface area contributed by atoms with Gasteiger partial charge in [-0.25, -0.2) is 4.98 Å². The monoisotopic (exact) mass is 289 g/mol. The van der Waals surface area contributed by atoms with Crippen LogP contribution in [0.25, 0.3) is 21.9 Å². The van der Waals surface area contributed by atoms with E-state index in [0.29, 0.717) is 18.0 Å². The smallest absolute Gasteiger partial charge is 0.185 e. The van der Waals surface area contributed by atoms with E-state index in [0.717, 1.165) is 22.0 Å². The number of para-hydroxylation sites is 1. The summed E-state index contributed by atoms with van der Waals surface area (Å²) < 4.78 is 0. The molecule has 4 aromatic rings. The van der Waals surface area contributed by atoms with Crippen LogP contribution in [-0.4, -0.2) is 15.2 Å². The lowest BCUT2D eigenvalue weighted by Gasteiger charge is -2.11. The molecular weight excluding hydrogens is 274 g/mol. The fraction of sp³-hybridized carbons (Fsp3) is 0.0588. The zero-order valence-corrected chi connectivity index (χ0v) is 11.9. The molecule has 0 saturated carbocycles. The molecule has 22 heavy (non-hydrogen) atoms. The molecule has 2 heterocycles. The van der Waals surface area contributed by atoms with Gasteiger partial charge in [0.1, 0.15) is 5.82 Å². The molecule has 108 valence electrons. The number of H-pyrrole nitrogens is 1. The van der Waals surface area contributed by atoms with Crippen molar-refractivity contribution in [2.45, 2.75) is 6.54 Å². The van der Waals surface area contributed by atoms with Crippen LogP contribution < -0.4 is 11.1 Å². The molecule has 0 unspecified atom stereocenters. The number of aromatic nitrogens is 3. The van der Waals surface area contributed by atoms with E-state index in [1.54, 1.807) is 0 Å². The van der Waals surface area contributed by atoms with Crippen molar-refractivity contribution in [1.82, 2.24) is 15.2 Å². The standard InChI is InChI=1S/C17H15N5/c18-16-14-15(19-10-11-6-2-1-3-7-11)12-8-4-5-9-13(12)20-17(14)22-21-16/h1-9H,10H2,(H4,18,19,20,21,22). The van der Waals surface area contributed by atoms with Crippen molar-refractivity contribution in [3.8, 4) is 0 Å². The summed E-state index contributed by atoms with van der Waals surface area (Å²) in [6.07, 6.45) is 0. The molecule has 0 fully saturated rings. The normalized spacial score (nSPS) is 11.1. The minimum Gasteiger partial charge on any atom is -0.383 e. The van der Waals surface area contributed by atoms with Gasteiger partial charge in [0.25, 0.3) is 0 Å². The number of aromatic amines is 1. The van der Waals surface area contributed by atoms with Crippen LogP contribution in [0.3, 0.4) is 0 Å². The van der Waals surface area contributed by atoms with E-state index in [-0.39, 0.29) is 0 Å². The minimum absolute atomic E-state index is 0.531. The van der Waals surface area contributed by atoms with E-state index in [4.69, 9.17) is 5.73 Å². The molecular formula is C17H15N5. The van der Waals surface area contributed by atoms with Gasteiger partial charge in [-0.2, -0.15) is 5.10 Å². The molecule has 0 amide bonds. The van der Waals surface area contributed by atoms with Gasteiger partial charge in [0.05, 0.1) is 16.6 Å². The first kappa shape index (κ1) is 12.6. The first-order valence-corrected chi connectivity index (χ1v) is 7.13. The summed E-state index contributed by atoms with van der Waals surface area (Å²) in [7, 11) is 0. The summed E-state index contributed by atoms with van der Waals surface area (Å²) >= 11 is 0. The Morgan fingerprint density at radius 1 is 1.00 bits per heavy atom. The van der Waals surface area contributed by atoms with Gasteiger partial charge in [-0.05, 0) is 11.6 Å². The Kier molecular flexibility index (Phi) is 2.89. The Balaban J connectivity index is 1.87. The molecule has 2 aromatic heterocycles. The third-order valence-electron chi connectivity index (χ3n) is 3.74. The van der Waals surface area contributed by atoms with Crippen molar-refractivity contribution >= 4 is 33.4 Å². The summed E-state index contributed by atoms with van der Waals surface area (Å²) in [5.41, 5.74) is 9.75. The fourth-order valence-corrected chi connectivity index (χ4v) is 2.67. The van der Waals surface area contributed by atoms with Crippen molar-refractivity contribution in [3.05, 3.63) is 60.2 Å². The largest absolute Gasteiger partial charge is 0.383 e. The molecule has 0 aliphatic heterocycles. The summed E-state index contributed by atoms with van der Waals surface area (Å²) in [5.74, 6) is 0.531. The Morgan fingerprint density at radius 2 is 1.77 bits per heavy atom. The van der Waals surface area contributed by atoms with Crippen molar-refractivity contribution in [1.29, 1.82) is 0 Å². The first-order valence-electron chi connectivity index (χ1n) is 7.13. The third-order valence-corrected chi connectivity index (χ3v) is 3.74. The second kappa shape index (κ2) is 5.04. The molecule has 0 radical (unpaired) electrons. The van der Waals surface area contributed by atoms with Crippen LogP contribution in [0, 0.1) is 0 Å². The van der Waals surface area contributed by atoms with Gasteiger partial charge in [0, 0.05) is 11.9 Å². The maximum atomic E-state index is 6.04. The predicted octanol–water partition coefficient (Wildman–Crippen LogP) is 3.31. The number of nitrogens with two attached hydrogens (primary N) is 1. The maximum Gasteiger partial charge on any atom is 0.185 e. The molecule has 0 aliphatic rings. The van der Waals surface area contributed by atoms with Gasteiger partial charge in [-0.15, -0.1) is 0 Å². The predicted molar refractivity (Wildman–Crippen MR) is 89.6 cm³/mol. The van der Waals surface area contributed by atoms with Crippen LogP contribution in [0.2, 0.25) is 0 Å². The molecule has 4 rings (SSSR count). The van der Waals surface area contributed by atoms with Crippen molar-refractivity contribution < 1.29 is 0 Å². The van der Waals surface area contributed by atoms with E-state index >= 15 is 0 Å². The van der Waals surface area contributed by atoms with Gasteiger partial charge in [0.2, 0.25) is 0 Å². The number of nitrogen functional groups attached to an aromatic ring is 1. The van der Waals surface area contributed by atoms with Crippen LogP contribution in [0.15, 0.2) is 54.6 Å².